The molecule has 6 heteroatoms. The van der Waals surface area contributed by atoms with E-state index in [0.29, 0.717) is 5.96 Å². The number of hydrogen-bond acceptors (Lipinski definition) is 3. The maximum Gasteiger partial charge on any atom is 0.242 e. The molecule has 0 bridgehead atoms. The molecule has 1 unspecified atom stereocenters. The summed E-state index contributed by atoms with van der Waals surface area (Å²) in [6, 6.07) is -0.244. The van der Waals surface area contributed by atoms with Crippen LogP contribution in [0.2, 0.25) is 0 Å². The first-order chi connectivity index (χ1) is 6.51. The van der Waals surface area contributed by atoms with Gasteiger partial charge in [0.1, 0.15) is 6.04 Å². The van der Waals surface area contributed by atoms with Gasteiger partial charge in [-0.15, -0.1) is 0 Å². The third kappa shape index (κ3) is 4.66. The van der Waals surface area contributed by atoms with Crippen LogP contribution >= 0.6 is 0 Å². The van der Waals surface area contributed by atoms with Gasteiger partial charge < -0.3 is 10.6 Å². The number of amides is 1. The molecule has 1 atom stereocenters. The maximum atomic E-state index is 11.4. The number of hydrogen-bond donors (Lipinski definition) is 4. The van der Waals surface area contributed by atoms with Crippen molar-refractivity contribution >= 4 is 11.9 Å². The van der Waals surface area contributed by atoms with Crippen molar-refractivity contribution < 1.29 is 4.79 Å². The van der Waals surface area contributed by atoms with Crippen molar-refractivity contribution in [3.8, 4) is 0 Å². The Hall–Kier alpha value is -1.30. The summed E-state index contributed by atoms with van der Waals surface area (Å²) in [4.78, 5) is 15.2. The van der Waals surface area contributed by atoms with E-state index in [2.05, 4.69) is 21.1 Å². The van der Waals surface area contributed by atoms with Gasteiger partial charge in [0.15, 0.2) is 0 Å². The number of rotatable bonds is 3. The zero-order chi connectivity index (χ0) is 11.1. The summed E-state index contributed by atoms with van der Waals surface area (Å²) in [6.45, 7) is 5.54. The second-order valence-electron chi connectivity index (χ2n) is 3.25. The molecule has 0 rings (SSSR count). The van der Waals surface area contributed by atoms with E-state index in [1.807, 2.05) is 13.8 Å². The van der Waals surface area contributed by atoms with E-state index >= 15 is 0 Å². The lowest BCUT2D eigenvalue weighted by molar-refractivity contribution is -0.122. The van der Waals surface area contributed by atoms with E-state index in [9.17, 15) is 4.79 Å². The number of aliphatic imine (C=N–C) groups is 1. The summed E-state index contributed by atoms with van der Waals surface area (Å²) in [6.07, 6.45) is 0. The molecule has 0 heterocycles. The van der Waals surface area contributed by atoms with Crippen molar-refractivity contribution in [3.05, 3.63) is 0 Å². The lowest BCUT2D eigenvalue weighted by atomic mass is 10.3. The summed E-state index contributed by atoms with van der Waals surface area (Å²) in [7, 11) is 1.58. The van der Waals surface area contributed by atoms with E-state index in [-0.39, 0.29) is 18.0 Å². The Kier molecular flexibility index (Phi) is 5.62. The van der Waals surface area contributed by atoms with Gasteiger partial charge in [-0.1, -0.05) is 0 Å². The van der Waals surface area contributed by atoms with Crippen LogP contribution in [0.25, 0.3) is 0 Å². The second-order valence-corrected chi connectivity index (χ2v) is 3.25. The normalized spacial score (nSPS) is 13.7. The van der Waals surface area contributed by atoms with Crippen LogP contribution in [0.3, 0.4) is 0 Å². The SMILES string of the molecule is CN=C(NN)NC(C)C(=O)NC(C)C. The highest BCUT2D eigenvalue weighted by molar-refractivity contribution is 5.88. The molecule has 0 aromatic carbocycles. The van der Waals surface area contributed by atoms with Gasteiger partial charge in [0, 0.05) is 13.1 Å². The molecular weight excluding hydrogens is 182 g/mol. The first kappa shape index (κ1) is 12.7. The lowest BCUT2D eigenvalue weighted by Gasteiger charge is -2.17. The Morgan fingerprint density at radius 3 is 2.21 bits per heavy atom. The van der Waals surface area contributed by atoms with Crippen LogP contribution < -0.4 is 21.9 Å². The molecule has 0 saturated carbocycles. The predicted molar refractivity (Wildman–Crippen MR) is 56.6 cm³/mol. The van der Waals surface area contributed by atoms with Crippen molar-refractivity contribution in [2.45, 2.75) is 32.9 Å². The smallest absolute Gasteiger partial charge is 0.242 e. The van der Waals surface area contributed by atoms with Gasteiger partial charge >= 0.3 is 0 Å². The molecule has 0 aliphatic heterocycles. The molecule has 0 radical (unpaired) electrons. The highest BCUT2D eigenvalue weighted by atomic mass is 16.2. The van der Waals surface area contributed by atoms with Crippen LogP contribution in [0.4, 0.5) is 0 Å². The molecule has 0 aromatic heterocycles. The summed E-state index contributed by atoms with van der Waals surface area (Å²) in [5.74, 6) is 5.46. The van der Waals surface area contributed by atoms with Gasteiger partial charge in [-0.05, 0) is 20.8 Å². The molecule has 14 heavy (non-hydrogen) atoms. The van der Waals surface area contributed by atoms with Gasteiger partial charge in [0.2, 0.25) is 11.9 Å². The number of guanidine groups is 1. The Balaban J connectivity index is 4.07. The highest BCUT2D eigenvalue weighted by Gasteiger charge is 2.13. The Labute approximate surface area is 84.3 Å². The first-order valence-electron chi connectivity index (χ1n) is 4.51. The largest absolute Gasteiger partial charge is 0.352 e. The van der Waals surface area contributed by atoms with E-state index < -0.39 is 0 Å². The zero-order valence-corrected chi connectivity index (χ0v) is 9.09. The molecule has 82 valence electrons. The Morgan fingerprint density at radius 1 is 1.29 bits per heavy atom. The van der Waals surface area contributed by atoms with Crippen molar-refractivity contribution in [1.82, 2.24) is 16.1 Å². The number of nitrogens with one attached hydrogen (secondary N) is 3. The third-order valence-electron chi connectivity index (χ3n) is 1.54. The van der Waals surface area contributed by atoms with Gasteiger partial charge in [0.25, 0.3) is 0 Å². The van der Waals surface area contributed by atoms with Gasteiger partial charge in [-0.3, -0.25) is 15.2 Å². The average Bonchev–Trinajstić information content (AvgIpc) is 2.12. The van der Waals surface area contributed by atoms with E-state index in [1.165, 1.54) is 0 Å². The minimum absolute atomic E-state index is 0.0867. The van der Waals surface area contributed by atoms with E-state index in [4.69, 9.17) is 5.84 Å². The fourth-order valence-corrected chi connectivity index (χ4v) is 0.851. The van der Waals surface area contributed by atoms with Crippen LogP contribution in [0.5, 0.6) is 0 Å². The van der Waals surface area contributed by atoms with Gasteiger partial charge in [0.05, 0.1) is 0 Å². The van der Waals surface area contributed by atoms with Crippen LogP contribution in [-0.2, 0) is 4.79 Å². The standard InChI is InChI=1S/C8H19N5O/c1-5(2)11-7(14)6(3)12-8(10-4)13-9/h5-6H,9H2,1-4H3,(H,11,14)(H2,10,12,13). The summed E-state index contributed by atoms with van der Waals surface area (Å²) in [5, 5.41) is 5.59. The minimum Gasteiger partial charge on any atom is -0.352 e. The molecule has 0 aliphatic carbocycles. The lowest BCUT2D eigenvalue weighted by Crippen LogP contribution is -2.51. The number of carbonyl (C=O) groups excluding carboxylic acids is 1. The molecule has 1 amide bonds. The molecular formula is C8H19N5O. The highest BCUT2D eigenvalue weighted by Crippen LogP contribution is 1.85. The number of carbonyl (C=O) groups is 1. The van der Waals surface area contributed by atoms with E-state index in [0.717, 1.165) is 0 Å². The fraction of sp³-hybridized carbons (Fsp3) is 0.750. The fourth-order valence-electron chi connectivity index (χ4n) is 0.851. The number of nitrogens with zero attached hydrogens (tertiary/aromatic N) is 1. The topological polar surface area (TPSA) is 91.5 Å². The summed E-state index contributed by atoms with van der Waals surface area (Å²) < 4.78 is 0. The molecule has 0 spiro atoms. The zero-order valence-electron chi connectivity index (χ0n) is 9.09. The monoisotopic (exact) mass is 201 g/mol. The van der Waals surface area contributed by atoms with Gasteiger partial charge in [-0.2, -0.15) is 0 Å². The van der Waals surface area contributed by atoms with Crippen molar-refractivity contribution in [2.24, 2.45) is 10.8 Å². The van der Waals surface area contributed by atoms with Crippen molar-refractivity contribution in [2.75, 3.05) is 7.05 Å². The van der Waals surface area contributed by atoms with Crippen LogP contribution in [0.15, 0.2) is 4.99 Å². The van der Waals surface area contributed by atoms with Crippen molar-refractivity contribution in [3.63, 3.8) is 0 Å². The summed E-state index contributed by atoms with van der Waals surface area (Å²) >= 11 is 0. The predicted octanol–water partition coefficient (Wildman–Crippen LogP) is -1.06. The molecule has 5 N–H and O–H groups in total. The maximum absolute atomic E-state index is 11.4. The van der Waals surface area contributed by atoms with Crippen LogP contribution in [-0.4, -0.2) is 31.0 Å². The third-order valence-corrected chi connectivity index (χ3v) is 1.54. The average molecular weight is 201 g/mol. The Bertz CT molecular complexity index is 214. The molecule has 0 aromatic rings. The second kappa shape index (κ2) is 6.20. The Morgan fingerprint density at radius 2 is 1.86 bits per heavy atom. The van der Waals surface area contributed by atoms with Crippen molar-refractivity contribution in [1.29, 1.82) is 0 Å². The molecule has 0 saturated heterocycles. The number of nitrogens with two attached hydrogens (primary N) is 1. The van der Waals surface area contributed by atoms with Crippen LogP contribution in [0, 0.1) is 0 Å². The van der Waals surface area contributed by atoms with Gasteiger partial charge in [-0.25, -0.2) is 5.84 Å². The quantitative estimate of drug-likeness (QED) is 0.203. The minimum atomic E-state index is -0.368. The molecule has 0 fully saturated rings. The molecule has 0 aliphatic rings. The molecule has 6 nitrogen and oxygen atoms in total. The van der Waals surface area contributed by atoms with Crippen LogP contribution in [0.1, 0.15) is 20.8 Å². The number of hydrazine groups is 1. The van der Waals surface area contributed by atoms with E-state index in [1.54, 1.807) is 14.0 Å². The first-order valence-corrected chi connectivity index (χ1v) is 4.51. The summed E-state index contributed by atoms with van der Waals surface area (Å²) in [5.41, 5.74) is 2.35.